The molecule has 2 rings (SSSR count). The third kappa shape index (κ3) is 3.10. The molecule has 0 saturated carbocycles. The van der Waals surface area contributed by atoms with Gasteiger partial charge in [-0.05, 0) is 12.1 Å². The second-order valence-electron chi connectivity index (χ2n) is 4.00. The van der Waals surface area contributed by atoms with Crippen molar-refractivity contribution in [2.45, 2.75) is 0 Å². The summed E-state index contributed by atoms with van der Waals surface area (Å²) in [6.07, 6.45) is 0. The molecule has 3 N–H and O–H groups in total. The second kappa shape index (κ2) is 5.54. The number of hydrogen-bond donors (Lipinski definition) is 3. The standard InChI is InChI=1S/C12H17N3O2/c16-11-4-2-1-3-10(11)14-9-12(17)15-7-5-13-6-8-15/h1-4,13-14,16H,5-9H2. The van der Waals surface area contributed by atoms with Gasteiger partial charge in [0.1, 0.15) is 5.75 Å². The summed E-state index contributed by atoms with van der Waals surface area (Å²) in [6.45, 7) is 3.42. The molecule has 17 heavy (non-hydrogen) atoms. The summed E-state index contributed by atoms with van der Waals surface area (Å²) in [5.41, 5.74) is 0.594. The SMILES string of the molecule is O=C(CNc1ccccc1O)N1CCNCC1. The van der Waals surface area contributed by atoms with Crippen LogP contribution in [0.1, 0.15) is 0 Å². The Hall–Kier alpha value is -1.75. The lowest BCUT2D eigenvalue weighted by Crippen LogP contribution is -2.48. The maximum atomic E-state index is 11.8. The predicted molar refractivity (Wildman–Crippen MR) is 66.0 cm³/mol. The molecule has 1 heterocycles. The van der Waals surface area contributed by atoms with E-state index in [0.29, 0.717) is 5.69 Å². The van der Waals surface area contributed by atoms with Crippen LogP contribution in [-0.2, 0) is 4.79 Å². The highest BCUT2D eigenvalue weighted by Gasteiger charge is 2.15. The molecule has 1 saturated heterocycles. The van der Waals surface area contributed by atoms with Gasteiger partial charge in [0, 0.05) is 26.2 Å². The molecule has 1 aliphatic rings. The molecule has 1 fully saturated rings. The molecule has 5 nitrogen and oxygen atoms in total. The molecule has 0 spiro atoms. The van der Waals surface area contributed by atoms with Crippen molar-refractivity contribution in [2.75, 3.05) is 38.0 Å². The van der Waals surface area contributed by atoms with E-state index in [1.807, 2.05) is 11.0 Å². The number of carbonyl (C=O) groups is 1. The number of anilines is 1. The minimum Gasteiger partial charge on any atom is -0.506 e. The molecule has 1 aromatic carbocycles. The van der Waals surface area contributed by atoms with Gasteiger partial charge in [0.05, 0.1) is 12.2 Å². The topological polar surface area (TPSA) is 64.6 Å². The van der Waals surface area contributed by atoms with E-state index in [0.717, 1.165) is 26.2 Å². The van der Waals surface area contributed by atoms with Gasteiger partial charge in [-0.3, -0.25) is 4.79 Å². The number of piperazine rings is 1. The van der Waals surface area contributed by atoms with Crippen LogP contribution in [0.3, 0.4) is 0 Å². The Balaban J connectivity index is 1.85. The Kier molecular flexibility index (Phi) is 3.82. The summed E-state index contributed by atoms with van der Waals surface area (Å²) in [5, 5.41) is 15.7. The van der Waals surface area contributed by atoms with Crippen LogP contribution in [0.4, 0.5) is 5.69 Å². The molecule has 0 unspecified atom stereocenters. The summed E-state index contributed by atoms with van der Waals surface area (Å²) in [6, 6.07) is 6.91. The van der Waals surface area contributed by atoms with Gasteiger partial charge >= 0.3 is 0 Å². The second-order valence-corrected chi connectivity index (χ2v) is 4.00. The lowest BCUT2D eigenvalue weighted by Gasteiger charge is -2.27. The number of hydrogen-bond acceptors (Lipinski definition) is 4. The number of nitrogens with zero attached hydrogens (tertiary/aromatic N) is 1. The van der Waals surface area contributed by atoms with E-state index in [-0.39, 0.29) is 18.2 Å². The van der Waals surface area contributed by atoms with Crippen molar-refractivity contribution >= 4 is 11.6 Å². The first kappa shape index (κ1) is 11.7. The minimum atomic E-state index is 0.0646. The maximum absolute atomic E-state index is 11.8. The van der Waals surface area contributed by atoms with Crippen molar-refractivity contribution in [2.24, 2.45) is 0 Å². The van der Waals surface area contributed by atoms with Gasteiger partial charge in [0.25, 0.3) is 0 Å². The third-order valence-corrected chi connectivity index (χ3v) is 2.80. The Morgan fingerprint density at radius 2 is 2.06 bits per heavy atom. The number of carbonyl (C=O) groups excluding carboxylic acids is 1. The highest BCUT2D eigenvalue weighted by Crippen LogP contribution is 2.20. The Labute approximate surface area is 100 Å². The average molecular weight is 235 g/mol. The molecule has 0 atom stereocenters. The van der Waals surface area contributed by atoms with Crippen molar-refractivity contribution in [1.29, 1.82) is 0 Å². The number of para-hydroxylation sites is 2. The van der Waals surface area contributed by atoms with E-state index < -0.39 is 0 Å². The Bertz CT molecular complexity index is 389. The van der Waals surface area contributed by atoms with Crippen molar-refractivity contribution in [3.05, 3.63) is 24.3 Å². The van der Waals surface area contributed by atoms with Crippen LogP contribution in [0.5, 0.6) is 5.75 Å². The number of aromatic hydroxyl groups is 1. The van der Waals surface area contributed by atoms with Crippen molar-refractivity contribution in [1.82, 2.24) is 10.2 Å². The highest BCUT2D eigenvalue weighted by atomic mass is 16.3. The van der Waals surface area contributed by atoms with Gasteiger partial charge < -0.3 is 20.6 Å². The number of benzene rings is 1. The van der Waals surface area contributed by atoms with E-state index in [1.54, 1.807) is 18.2 Å². The molecule has 1 amide bonds. The highest BCUT2D eigenvalue weighted by molar-refractivity contribution is 5.81. The molecule has 0 radical (unpaired) electrons. The average Bonchev–Trinajstić information content (AvgIpc) is 2.38. The van der Waals surface area contributed by atoms with Gasteiger partial charge in [-0.1, -0.05) is 12.1 Å². The van der Waals surface area contributed by atoms with Gasteiger partial charge in [0.2, 0.25) is 5.91 Å². The number of phenolic OH excluding ortho intramolecular Hbond substituents is 1. The van der Waals surface area contributed by atoms with Crippen molar-refractivity contribution < 1.29 is 9.90 Å². The quantitative estimate of drug-likeness (QED) is 0.656. The first-order valence-electron chi connectivity index (χ1n) is 5.78. The van der Waals surface area contributed by atoms with Gasteiger partial charge in [-0.15, -0.1) is 0 Å². The molecule has 1 aliphatic heterocycles. The first-order valence-corrected chi connectivity index (χ1v) is 5.78. The molecular formula is C12H17N3O2. The maximum Gasteiger partial charge on any atom is 0.241 e. The lowest BCUT2D eigenvalue weighted by molar-refractivity contribution is -0.129. The number of nitrogens with one attached hydrogen (secondary N) is 2. The van der Waals surface area contributed by atoms with Gasteiger partial charge in [-0.2, -0.15) is 0 Å². The van der Waals surface area contributed by atoms with E-state index in [9.17, 15) is 9.90 Å². The van der Waals surface area contributed by atoms with Crippen molar-refractivity contribution in [3.63, 3.8) is 0 Å². The summed E-state index contributed by atoms with van der Waals surface area (Å²) in [7, 11) is 0. The zero-order valence-corrected chi connectivity index (χ0v) is 9.65. The normalized spacial score (nSPS) is 15.6. The van der Waals surface area contributed by atoms with Gasteiger partial charge in [-0.25, -0.2) is 0 Å². The number of phenols is 1. The molecule has 92 valence electrons. The van der Waals surface area contributed by atoms with E-state index >= 15 is 0 Å². The van der Waals surface area contributed by atoms with Crippen LogP contribution in [0.15, 0.2) is 24.3 Å². The molecule has 5 heteroatoms. The van der Waals surface area contributed by atoms with Crippen LogP contribution < -0.4 is 10.6 Å². The summed E-state index contributed by atoms with van der Waals surface area (Å²) >= 11 is 0. The third-order valence-electron chi connectivity index (χ3n) is 2.80. The molecule has 0 bridgehead atoms. The fourth-order valence-electron chi connectivity index (χ4n) is 1.82. The summed E-state index contributed by atoms with van der Waals surface area (Å²) in [4.78, 5) is 13.7. The van der Waals surface area contributed by atoms with Crippen LogP contribution >= 0.6 is 0 Å². The Morgan fingerprint density at radius 1 is 1.35 bits per heavy atom. The molecule has 0 aliphatic carbocycles. The van der Waals surface area contributed by atoms with E-state index in [1.165, 1.54) is 0 Å². The zero-order chi connectivity index (χ0) is 12.1. The summed E-state index contributed by atoms with van der Waals surface area (Å²) in [5.74, 6) is 0.232. The molecular weight excluding hydrogens is 218 g/mol. The van der Waals surface area contributed by atoms with Crippen LogP contribution in [0.25, 0.3) is 0 Å². The predicted octanol–water partition coefficient (Wildman–Crippen LogP) is 0.236. The van der Waals surface area contributed by atoms with Crippen LogP contribution in [0.2, 0.25) is 0 Å². The zero-order valence-electron chi connectivity index (χ0n) is 9.65. The minimum absolute atomic E-state index is 0.0646. The first-order chi connectivity index (χ1) is 8.27. The summed E-state index contributed by atoms with van der Waals surface area (Å²) < 4.78 is 0. The Morgan fingerprint density at radius 3 is 2.76 bits per heavy atom. The number of amides is 1. The molecule has 1 aromatic rings. The molecule has 0 aromatic heterocycles. The smallest absolute Gasteiger partial charge is 0.241 e. The fourth-order valence-corrected chi connectivity index (χ4v) is 1.82. The monoisotopic (exact) mass is 235 g/mol. The van der Waals surface area contributed by atoms with Gasteiger partial charge in [0.15, 0.2) is 0 Å². The largest absolute Gasteiger partial charge is 0.506 e. The van der Waals surface area contributed by atoms with E-state index in [2.05, 4.69) is 10.6 Å². The number of rotatable bonds is 3. The van der Waals surface area contributed by atoms with Crippen molar-refractivity contribution in [3.8, 4) is 5.75 Å². The van der Waals surface area contributed by atoms with E-state index in [4.69, 9.17) is 0 Å². The van der Waals surface area contributed by atoms with Crippen LogP contribution in [-0.4, -0.2) is 48.6 Å². The fraction of sp³-hybridized carbons (Fsp3) is 0.417. The van der Waals surface area contributed by atoms with Crippen LogP contribution in [0, 0.1) is 0 Å². The lowest BCUT2D eigenvalue weighted by atomic mass is 10.3.